The Hall–Kier alpha value is -1.21. The van der Waals surface area contributed by atoms with E-state index in [-0.39, 0.29) is 25.6 Å². The van der Waals surface area contributed by atoms with Crippen molar-refractivity contribution in [2.24, 2.45) is 0 Å². The molecule has 2 aromatic carbocycles. The van der Waals surface area contributed by atoms with Crippen LogP contribution in [0.3, 0.4) is 0 Å². The third-order valence-corrected chi connectivity index (χ3v) is 4.36. The van der Waals surface area contributed by atoms with Gasteiger partial charge in [-0.2, -0.15) is 0 Å². The van der Waals surface area contributed by atoms with Crippen LogP contribution in [-0.4, -0.2) is 38.6 Å². The van der Waals surface area contributed by atoms with Crippen molar-refractivity contribution in [2.45, 2.75) is 13.2 Å². The highest BCUT2D eigenvalue weighted by atomic mass is 35.5. The lowest BCUT2D eigenvalue weighted by molar-refractivity contribution is 0.0938. The second-order valence-corrected chi connectivity index (χ2v) is 6.30. The van der Waals surface area contributed by atoms with Crippen LogP contribution in [0.1, 0.15) is 11.1 Å². The van der Waals surface area contributed by atoms with Crippen molar-refractivity contribution in [1.82, 2.24) is 5.32 Å². The van der Waals surface area contributed by atoms with Crippen molar-refractivity contribution >= 4 is 35.6 Å². The molecule has 27 heavy (non-hydrogen) atoms. The molecule has 2 rings (SSSR count). The standard InChI is InChI=1S/C19H23Cl2NO4.ClH/c1-24-19-11-14(12-22-7-9-25-10-8-23)5-6-18(19)26-13-15-16(20)3-2-4-17(15)21;/h2-6,11,22-23H,7-10,12-13H2,1H3;1H. The van der Waals surface area contributed by atoms with E-state index in [1.807, 2.05) is 18.2 Å². The molecule has 0 spiro atoms. The minimum absolute atomic E-state index is 0. The molecule has 0 amide bonds. The minimum Gasteiger partial charge on any atom is -0.493 e. The number of aliphatic hydroxyl groups is 1. The number of hydrogen-bond donors (Lipinski definition) is 2. The first-order chi connectivity index (χ1) is 12.7. The van der Waals surface area contributed by atoms with Crippen LogP contribution in [-0.2, 0) is 17.9 Å². The second-order valence-electron chi connectivity index (χ2n) is 5.49. The van der Waals surface area contributed by atoms with Gasteiger partial charge in [0.2, 0.25) is 0 Å². The molecule has 0 bridgehead atoms. The average Bonchev–Trinajstić information content (AvgIpc) is 2.64. The molecule has 0 aliphatic heterocycles. The van der Waals surface area contributed by atoms with E-state index in [0.717, 1.165) is 11.1 Å². The Kier molecular flexibility index (Phi) is 11.5. The lowest BCUT2D eigenvalue weighted by Gasteiger charge is -2.14. The molecule has 0 aromatic heterocycles. The Bertz CT molecular complexity index is 680. The van der Waals surface area contributed by atoms with Crippen LogP contribution in [0.4, 0.5) is 0 Å². The van der Waals surface area contributed by atoms with E-state index in [1.54, 1.807) is 25.3 Å². The van der Waals surface area contributed by atoms with Gasteiger partial charge in [-0.15, -0.1) is 12.4 Å². The summed E-state index contributed by atoms with van der Waals surface area (Å²) in [6.45, 7) is 2.59. The smallest absolute Gasteiger partial charge is 0.161 e. The number of ether oxygens (including phenoxy) is 3. The summed E-state index contributed by atoms with van der Waals surface area (Å²) in [6.07, 6.45) is 0. The maximum Gasteiger partial charge on any atom is 0.161 e. The number of nitrogens with one attached hydrogen (secondary N) is 1. The van der Waals surface area contributed by atoms with Crippen LogP contribution in [0.25, 0.3) is 0 Å². The second kappa shape index (κ2) is 13.0. The van der Waals surface area contributed by atoms with Gasteiger partial charge in [0.25, 0.3) is 0 Å². The maximum atomic E-state index is 8.65. The third-order valence-electron chi connectivity index (χ3n) is 3.65. The molecule has 2 aromatic rings. The fraction of sp³-hybridized carbons (Fsp3) is 0.368. The fourth-order valence-electron chi connectivity index (χ4n) is 2.31. The van der Waals surface area contributed by atoms with E-state index in [4.69, 9.17) is 42.5 Å². The molecule has 5 nitrogen and oxygen atoms in total. The summed E-state index contributed by atoms with van der Waals surface area (Å²) in [7, 11) is 1.60. The molecule has 8 heteroatoms. The molecule has 0 aliphatic carbocycles. The van der Waals surface area contributed by atoms with E-state index in [9.17, 15) is 0 Å². The molecule has 0 saturated heterocycles. The quantitative estimate of drug-likeness (QED) is 0.519. The number of halogens is 3. The van der Waals surface area contributed by atoms with Crippen molar-refractivity contribution < 1.29 is 19.3 Å². The van der Waals surface area contributed by atoms with Gasteiger partial charge in [0.05, 0.1) is 26.9 Å². The van der Waals surface area contributed by atoms with E-state index in [0.29, 0.717) is 47.8 Å². The third kappa shape index (κ3) is 7.74. The molecule has 0 atom stereocenters. The van der Waals surface area contributed by atoms with E-state index < -0.39 is 0 Å². The molecule has 0 saturated carbocycles. The van der Waals surface area contributed by atoms with Crippen molar-refractivity contribution in [3.63, 3.8) is 0 Å². The lowest BCUT2D eigenvalue weighted by Crippen LogP contribution is -2.20. The highest BCUT2D eigenvalue weighted by Crippen LogP contribution is 2.31. The van der Waals surface area contributed by atoms with Crippen molar-refractivity contribution in [3.05, 3.63) is 57.6 Å². The Morgan fingerprint density at radius 1 is 1.04 bits per heavy atom. The first-order valence-corrected chi connectivity index (χ1v) is 9.03. The Labute approximate surface area is 175 Å². The lowest BCUT2D eigenvalue weighted by atomic mass is 10.2. The number of methoxy groups -OCH3 is 1. The Morgan fingerprint density at radius 3 is 2.44 bits per heavy atom. The number of hydrogen-bond acceptors (Lipinski definition) is 5. The molecule has 0 radical (unpaired) electrons. The fourth-order valence-corrected chi connectivity index (χ4v) is 2.81. The topological polar surface area (TPSA) is 60.0 Å². The summed E-state index contributed by atoms with van der Waals surface area (Å²) >= 11 is 12.3. The minimum atomic E-state index is 0. The molecule has 0 unspecified atom stereocenters. The van der Waals surface area contributed by atoms with E-state index >= 15 is 0 Å². The Balaban J connectivity index is 0.00000364. The normalized spacial score (nSPS) is 10.4. The number of rotatable bonds is 11. The SMILES string of the molecule is COc1cc(CNCCOCCO)ccc1OCc1c(Cl)cccc1Cl.Cl. The largest absolute Gasteiger partial charge is 0.493 e. The van der Waals surface area contributed by atoms with Gasteiger partial charge in [0.1, 0.15) is 6.61 Å². The van der Waals surface area contributed by atoms with E-state index in [2.05, 4.69) is 5.32 Å². The van der Waals surface area contributed by atoms with Crippen LogP contribution in [0, 0.1) is 0 Å². The first kappa shape index (κ1) is 23.8. The van der Waals surface area contributed by atoms with Gasteiger partial charge >= 0.3 is 0 Å². The molecular formula is C19H24Cl3NO4. The first-order valence-electron chi connectivity index (χ1n) is 8.27. The van der Waals surface area contributed by atoms with Gasteiger partial charge in [-0.05, 0) is 29.8 Å². The summed E-state index contributed by atoms with van der Waals surface area (Å²) in [6, 6.07) is 11.1. The number of aliphatic hydroxyl groups excluding tert-OH is 1. The molecule has 0 fully saturated rings. The Morgan fingerprint density at radius 2 is 1.78 bits per heavy atom. The van der Waals surface area contributed by atoms with Gasteiger partial charge in [-0.3, -0.25) is 0 Å². The van der Waals surface area contributed by atoms with Crippen LogP contribution in [0.15, 0.2) is 36.4 Å². The molecule has 0 heterocycles. The van der Waals surface area contributed by atoms with Gasteiger partial charge < -0.3 is 24.6 Å². The summed E-state index contributed by atoms with van der Waals surface area (Å²) < 4.78 is 16.5. The zero-order valence-corrected chi connectivity index (χ0v) is 17.4. The summed E-state index contributed by atoms with van der Waals surface area (Å²) in [5.74, 6) is 1.27. The molecule has 0 aliphatic rings. The van der Waals surface area contributed by atoms with Crippen LogP contribution in [0.5, 0.6) is 11.5 Å². The number of benzene rings is 2. The van der Waals surface area contributed by atoms with Crippen molar-refractivity contribution in [1.29, 1.82) is 0 Å². The van der Waals surface area contributed by atoms with Crippen molar-refractivity contribution in [2.75, 3.05) is 33.5 Å². The zero-order chi connectivity index (χ0) is 18.8. The average molecular weight is 437 g/mol. The van der Waals surface area contributed by atoms with Gasteiger partial charge in [0, 0.05) is 28.7 Å². The summed E-state index contributed by atoms with van der Waals surface area (Å²) in [5.41, 5.74) is 1.80. The predicted octanol–water partition coefficient (Wildman–Crippen LogP) is 4.10. The van der Waals surface area contributed by atoms with Crippen molar-refractivity contribution in [3.8, 4) is 11.5 Å². The predicted molar refractivity (Wildman–Crippen MR) is 111 cm³/mol. The van der Waals surface area contributed by atoms with E-state index in [1.165, 1.54) is 0 Å². The van der Waals surface area contributed by atoms with Gasteiger partial charge in [-0.1, -0.05) is 35.3 Å². The molecular weight excluding hydrogens is 413 g/mol. The van der Waals surface area contributed by atoms with Gasteiger partial charge in [0.15, 0.2) is 11.5 Å². The van der Waals surface area contributed by atoms with Crippen LogP contribution >= 0.6 is 35.6 Å². The summed E-state index contributed by atoms with van der Waals surface area (Å²) in [5, 5.41) is 13.1. The summed E-state index contributed by atoms with van der Waals surface area (Å²) in [4.78, 5) is 0. The highest BCUT2D eigenvalue weighted by Gasteiger charge is 2.10. The van der Waals surface area contributed by atoms with Gasteiger partial charge in [-0.25, -0.2) is 0 Å². The maximum absolute atomic E-state index is 8.65. The van der Waals surface area contributed by atoms with Crippen LogP contribution in [0.2, 0.25) is 10.0 Å². The van der Waals surface area contributed by atoms with Crippen LogP contribution < -0.4 is 14.8 Å². The molecule has 150 valence electrons. The zero-order valence-electron chi connectivity index (χ0n) is 15.0. The monoisotopic (exact) mass is 435 g/mol. The molecule has 2 N–H and O–H groups in total. The highest BCUT2D eigenvalue weighted by molar-refractivity contribution is 6.35.